The van der Waals surface area contributed by atoms with Gasteiger partial charge in [0, 0.05) is 66.4 Å². The van der Waals surface area contributed by atoms with E-state index in [-0.39, 0.29) is 41.1 Å². The van der Waals surface area contributed by atoms with Crippen LogP contribution >= 0.6 is 15.9 Å². The minimum Gasteiger partial charge on any atom is -0.548 e. The Hall–Kier alpha value is -14.3. The largest absolute Gasteiger partial charge is 0.737 e. The smallest absolute Gasteiger partial charge is 0.548 e. The average molecular weight is 2020 g/mol. The second-order valence-corrected chi connectivity index (χ2v) is 34.5. The first kappa shape index (κ1) is 109. The number of aliphatic hydroxyl groups is 8. The molecule has 0 saturated heterocycles. The van der Waals surface area contributed by atoms with Crippen LogP contribution in [0.15, 0.2) is 149 Å². The number of nitrogens with zero attached hydrogens (tertiary/aromatic N) is 5. The second-order valence-electron chi connectivity index (χ2n) is 33.6. The minimum atomic E-state index is -4.46. The quantitative estimate of drug-likeness (QED) is 0.00610. The van der Waals surface area contributed by atoms with Crippen LogP contribution in [0.3, 0.4) is 0 Å². The van der Waals surface area contributed by atoms with Crippen LogP contribution < -0.4 is 90.4 Å². The molecular formula is C89H110BBrF2N20O27. The number of nitrogens with two attached hydrogens (primary N) is 2. The number of aldehydes is 1. The van der Waals surface area contributed by atoms with Crippen LogP contribution in [0.1, 0.15) is 111 Å². The molecule has 15 amide bonds. The van der Waals surface area contributed by atoms with Gasteiger partial charge in [-0.15, -0.1) is 0 Å². The Morgan fingerprint density at radius 1 is 0.693 bits per heavy atom. The van der Waals surface area contributed by atoms with Gasteiger partial charge in [-0.05, 0) is 80.3 Å². The number of carbonyl (C=O) groups excluding carboxylic acids is 17. The SMILES string of the molecule is CC(/C=C/c1ccccc1)=C\[C@H](O)[C@@H]1CC(=O)N[C@@H](CO)C(=O)N[C@@H]2Cn3cc([n+]([C@@H](C=O)O[C@@H](/C=N\NC(=O)CCC4=[N+]5C(=Cc6c(C)cc(C)n6[B-]5(F)F)C=C4)CO)c3)C[C@H](NC(=O)C[C@H](O)C[C@@H](C(=O)[O-])NC(=O)[C@@H](O)CNC(=O)[C@H]([C@@H](C)c3ccc(Br)cc3)NC(=O)[C@H]([C@@H](O)C(N)=O)NC(=O)[C@H](CC(N)=O)NC2=O)C(=O)N[C@@H]([C@H](C)O)C(=O)N[C@@H](CO)C(=O)N[C@@H](Cc2ccccc2)C(=O)N1. The highest BCUT2D eigenvalue weighted by Crippen LogP contribution is 2.35. The molecule has 9 rings (SSSR count). The normalized spacial score (nSPS) is 24.8. The Balaban J connectivity index is 1.20. The zero-order valence-electron chi connectivity index (χ0n) is 76.0. The first-order chi connectivity index (χ1) is 66.3. The number of primary amides is 2. The van der Waals surface area contributed by atoms with E-state index >= 15 is 23.0 Å². The number of halogens is 3. The van der Waals surface area contributed by atoms with Crippen molar-refractivity contribution in [2.75, 3.05) is 26.4 Å². The number of amides is 15. The van der Waals surface area contributed by atoms with Crippen molar-refractivity contribution < 1.29 is 150 Å². The van der Waals surface area contributed by atoms with Crippen LogP contribution in [0.25, 0.3) is 12.2 Å². The Labute approximate surface area is 805 Å². The lowest BCUT2D eigenvalue weighted by atomic mass is 9.90. The number of hydrogen-bond acceptors (Lipinski definition) is 28. The van der Waals surface area contributed by atoms with E-state index in [0.717, 1.165) is 43.8 Å². The van der Waals surface area contributed by atoms with Gasteiger partial charge in [0.05, 0.1) is 81.8 Å². The number of rotatable bonds is 26. The molecule has 3 aromatic carbocycles. The minimum absolute atomic E-state index is 0.00313. The van der Waals surface area contributed by atoms with Gasteiger partial charge in [-0.25, -0.2) is 9.99 Å². The van der Waals surface area contributed by atoms with Crippen molar-refractivity contribution in [3.63, 3.8) is 0 Å². The average Bonchev–Trinajstić information content (AvgIpc) is 1.56. The fraction of sp³-hybridized carbons (Fsp3) is 0.416. The summed E-state index contributed by atoms with van der Waals surface area (Å²) in [4.78, 5) is 244. The van der Waals surface area contributed by atoms with E-state index in [1.807, 2.05) is 10.6 Å². The number of carbonyl (C=O) groups is 17. The van der Waals surface area contributed by atoms with E-state index in [1.165, 1.54) is 75.4 Å². The molecule has 6 heterocycles. The summed E-state index contributed by atoms with van der Waals surface area (Å²) in [6.45, 7) is -3.69. The van der Waals surface area contributed by atoms with Crippen molar-refractivity contribution in [2.24, 2.45) is 16.6 Å². The number of nitrogens with one attached hydrogen (secondary N) is 13. The van der Waals surface area contributed by atoms with Crippen molar-refractivity contribution in [2.45, 2.75) is 208 Å². The van der Waals surface area contributed by atoms with Crippen LogP contribution in [0.2, 0.25) is 0 Å². The summed E-state index contributed by atoms with van der Waals surface area (Å²) >= 11 is 3.28. The Morgan fingerprint density at radius 2 is 1.29 bits per heavy atom. The van der Waals surface area contributed by atoms with Crippen LogP contribution in [0, 0.1) is 13.8 Å². The molecule has 140 heavy (non-hydrogen) atoms. The summed E-state index contributed by atoms with van der Waals surface area (Å²) < 4.78 is 42.6. The summed E-state index contributed by atoms with van der Waals surface area (Å²) in [6.07, 6.45) is -11.5. The number of hydrazone groups is 1. The fourth-order valence-corrected chi connectivity index (χ4v) is 15.8. The maximum absolute atomic E-state index is 16.4. The second kappa shape index (κ2) is 50.3. The van der Waals surface area contributed by atoms with Crippen LogP contribution in [-0.2, 0) is 106 Å². The molecule has 2 aromatic heterocycles. The van der Waals surface area contributed by atoms with E-state index in [2.05, 4.69) is 79.6 Å². The number of carboxylic acid groups (broad SMARTS) is 1. The molecule has 25 N–H and O–H groups in total. The molecule has 4 bridgehead atoms. The van der Waals surface area contributed by atoms with Gasteiger partial charge in [-0.3, -0.25) is 76.7 Å². The first-order valence-corrected chi connectivity index (χ1v) is 44.7. The number of hydrogen-bond donors (Lipinski definition) is 23. The van der Waals surface area contributed by atoms with Gasteiger partial charge in [0.1, 0.15) is 90.7 Å². The molecule has 0 aliphatic carbocycles. The highest BCUT2D eigenvalue weighted by Gasteiger charge is 2.53. The van der Waals surface area contributed by atoms with E-state index < -0.39 is 300 Å². The fourth-order valence-electron chi connectivity index (χ4n) is 15.5. The molecule has 47 nitrogen and oxygen atoms in total. The summed E-state index contributed by atoms with van der Waals surface area (Å²) in [5.74, 6) is -25.4. The number of allylic oxidation sites excluding steroid dienone is 4. The summed E-state index contributed by atoms with van der Waals surface area (Å²) in [5, 5.41) is 134. The van der Waals surface area contributed by atoms with E-state index in [4.69, 9.17) is 16.2 Å². The van der Waals surface area contributed by atoms with Gasteiger partial charge in [-0.2, -0.15) is 9.67 Å². The molecule has 0 unspecified atom stereocenters. The third kappa shape index (κ3) is 29.9. The molecule has 4 aliphatic rings. The number of aromatic nitrogens is 3. The van der Waals surface area contributed by atoms with Crippen molar-refractivity contribution in [1.82, 2.24) is 78.3 Å². The van der Waals surface area contributed by atoms with Crippen LogP contribution in [-0.4, -0.2) is 304 Å². The third-order valence-corrected chi connectivity index (χ3v) is 23.4. The standard InChI is InChI=1S/C89H110BBrF2N20O27/c1-44(16-17-49-12-8-6-9-13-49)26-67(120)58-34-72(125)99-64(40-115)83(132)104-63-38-110-37-55(111(43-110)73(42-117)140-57(39-114)35-97-109-70(123)25-24-53-22-23-54-30-66-45(2)27-46(3)112(66)90(92,93)113(53)54)29-60(80(129)107-75(48(5)118)87(136)105-65(41-116)84(133)101-59(79(128)100-58)28-50-14-10-7-11-15-50)98-71(124)32-56(119)31-62(89(138)139)103-85(134)68(121)36-96-86(135)74(47(4)51-18-20-52(91)21-19-51)106-88(137)76(77(126)78(95)127)108-81(130)61(33-69(94)122)102-82(63)131/h6-23,26-27,30,35,37,42-43,47-48,56-65,67-68,73-77,114-116,118-121,126H,24-25,28-29,31-34,36,38-41H2,1-5H3,(H17-,94,95,96,98,99,100,101,102,103,104,105,106,107,108,109,122,123,124,125,127,128,129,130,131,132,133,134,135,136,137,138,139)/b17-16+,44-26+,97-35-/t47-,48-,56+,57-,58-,59-,60-,61-,62-,63+,64-,65-,67-,68-,73+,74-,75-,76-,77+/m0/s1. The zero-order chi connectivity index (χ0) is 103. The Morgan fingerprint density at radius 3 is 1.93 bits per heavy atom. The topological polar surface area (TPSA) is 722 Å². The molecule has 51 heteroatoms. The lowest BCUT2D eigenvalue weighted by molar-refractivity contribution is -0.751. The first-order valence-electron chi connectivity index (χ1n) is 43.9. The Bertz CT molecular complexity index is 5650. The van der Waals surface area contributed by atoms with E-state index in [9.17, 15) is 113 Å². The van der Waals surface area contributed by atoms with Gasteiger partial charge in [0.15, 0.2) is 18.1 Å². The predicted molar refractivity (Wildman–Crippen MR) is 489 cm³/mol. The molecule has 0 radical (unpaired) electrons. The maximum atomic E-state index is 16.4. The van der Waals surface area contributed by atoms with Gasteiger partial charge in [-0.1, -0.05) is 119 Å². The summed E-state index contributed by atoms with van der Waals surface area (Å²) in [6, 6.07) is -0.638. The third-order valence-electron chi connectivity index (χ3n) is 22.9. The van der Waals surface area contributed by atoms with E-state index in [1.54, 1.807) is 79.7 Å². The molecule has 0 spiro atoms. The molecule has 0 fully saturated rings. The van der Waals surface area contributed by atoms with Gasteiger partial charge in [0.25, 0.3) is 12.1 Å². The van der Waals surface area contributed by atoms with Gasteiger partial charge < -0.3 is 148 Å². The maximum Gasteiger partial charge on any atom is 0.737 e. The molecular weight excluding hydrogens is 1910 g/mol. The number of aryl methyl sites for hydroxylation is 2. The Kier molecular flexibility index (Phi) is 39.3. The van der Waals surface area contributed by atoms with Crippen molar-refractivity contribution in [1.29, 1.82) is 0 Å². The molecule has 19 atom stereocenters. The summed E-state index contributed by atoms with van der Waals surface area (Å²) in [5.41, 5.74) is 15.7. The number of aliphatic carboxylic acids is 1. The predicted octanol–water partition coefficient (Wildman–Crippen LogP) is -8.97. The molecule has 4 aliphatic heterocycles. The summed E-state index contributed by atoms with van der Waals surface area (Å²) in [7, 11) is 0. The highest BCUT2D eigenvalue weighted by molar-refractivity contribution is 9.10. The number of carboxylic acids is 1. The number of fused-ring (bicyclic) bond motifs is 4. The zero-order valence-corrected chi connectivity index (χ0v) is 77.6. The van der Waals surface area contributed by atoms with Crippen molar-refractivity contribution >= 4 is 148 Å². The highest BCUT2D eigenvalue weighted by atomic mass is 79.9. The number of aliphatic hydroxyl groups excluding tert-OH is 8. The van der Waals surface area contributed by atoms with Crippen molar-refractivity contribution in [3.8, 4) is 0 Å². The van der Waals surface area contributed by atoms with E-state index in [0.29, 0.717) is 26.7 Å². The number of β-amino-alcohol motifs (C(OH)–C–C–N with tert-alkyl or cyclic N) is 1. The van der Waals surface area contributed by atoms with Crippen LogP contribution in [0.4, 0.5) is 8.63 Å². The van der Waals surface area contributed by atoms with Crippen molar-refractivity contribution in [3.05, 3.63) is 183 Å². The lowest BCUT2D eigenvalue weighted by Gasteiger charge is -2.30. The van der Waals surface area contributed by atoms with Gasteiger partial charge in [0.2, 0.25) is 89.0 Å². The molecule has 5 aromatic rings. The van der Waals surface area contributed by atoms with Crippen LogP contribution in [0.5, 0.6) is 0 Å². The number of imidazole rings is 1. The monoisotopic (exact) mass is 2020 g/mol. The molecule has 752 valence electrons. The number of benzene rings is 3. The molecule has 0 saturated carbocycles. The lowest BCUT2D eigenvalue weighted by Crippen LogP contribution is -2.64. The van der Waals surface area contributed by atoms with Gasteiger partial charge >= 0.3 is 6.97 Å². The number of ether oxygens (including phenoxy) is 1.